The SMILES string of the molecule is CCCN(CC(=O)O)CC(=O)NCC(=O)NC(C)c1ccc(F)cc1. The summed E-state index contributed by atoms with van der Waals surface area (Å²) in [6.07, 6.45) is 0.718. The van der Waals surface area contributed by atoms with Gasteiger partial charge in [-0.25, -0.2) is 4.39 Å². The van der Waals surface area contributed by atoms with Crippen molar-refractivity contribution >= 4 is 17.8 Å². The number of amides is 2. The molecule has 0 aliphatic carbocycles. The molecule has 1 rings (SSSR count). The number of nitrogens with one attached hydrogen (secondary N) is 2. The highest BCUT2D eigenvalue weighted by Crippen LogP contribution is 2.12. The molecule has 0 spiro atoms. The molecule has 1 unspecified atom stereocenters. The Bertz CT molecular complexity index is 592. The Hall–Kier alpha value is -2.48. The zero-order valence-electron chi connectivity index (χ0n) is 14.4. The van der Waals surface area contributed by atoms with Crippen molar-refractivity contribution in [3.05, 3.63) is 35.6 Å². The largest absolute Gasteiger partial charge is 0.480 e. The number of benzene rings is 1. The van der Waals surface area contributed by atoms with Crippen molar-refractivity contribution in [2.24, 2.45) is 0 Å². The lowest BCUT2D eigenvalue weighted by atomic mass is 10.1. The third-order valence-corrected chi connectivity index (χ3v) is 3.46. The van der Waals surface area contributed by atoms with Gasteiger partial charge in [-0.3, -0.25) is 19.3 Å². The van der Waals surface area contributed by atoms with Gasteiger partial charge in [0.15, 0.2) is 0 Å². The summed E-state index contributed by atoms with van der Waals surface area (Å²) in [5.74, 6) is -2.16. The molecule has 0 heterocycles. The average Bonchev–Trinajstić information content (AvgIpc) is 2.53. The summed E-state index contributed by atoms with van der Waals surface area (Å²) in [6.45, 7) is 3.60. The minimum atomic E-state index is -1.01. The molecule has 0 aliphatic heterocycles. The topological polar surface area (TPSA) is 98.7 Å². The highest BCUT2D eigenvalue weighted by molar-refractivity contribution is 5.86. The minimum absolute atomic E-state index is 0.0824. The molecule has 7 nitrogen and oxygen atoms in total. The summed E-state index contributed by atoms with van der Waals surface area (Å²) in [4.78, 5) is 36.0. The normalized spacial score (nSPS) is 11.8. The monoisotopic (exact) mass is 353 g/mol. The Balaban J connectivity index is 2.40. The number of carboxylic acid groups (broad SMARTS) is 1. The number of aliphatic carboxylic acids is 1. The van der Waals surface area contributed by atoms with Crippen molar-refractivity contribution in [2.45, 2.75) is 26.3 Å². The molecular formula is C17H24FN3O4. The van der Waals surface area contributed by atoms with E-state index in [-0.39, 0.29) is 37.4 Å². The summed E-state index contributed by atoms with van der Waals surface area (Å²) in [5, 5.41) is 14.0. The van der Waals surface area contributed by atoms with Crippen LogP contribution in [-0.2, 0) is 14.4 Å². The van der Waals surface area contributed by atoms with E-state index in [0.717, 1.165) is 12.0 Å². The van der Waals surface area contributed by atoms with Crippen LogP contribution in [0.15, 0.2) is 24.3 Å². The Kier molecular flexibility index (Phi) is 8.55. The molecule has 25 heavy (non-hydrogen) atoms. The van der Waals surface area contributed by atoms with Gasteiger partial charge in [-0.15, -0.1) is 0 Å². The molecule has 1 atom stereocenters. The number of hydrogen-bond donors (Lipinski definition) is 3. The highest BCUT2D eigenvalue weighted by Gasteiger charge is 2.15. The van der Waals surface area contributed by atoms with Crippen LogP contribution in [0.2, 0.25) is 0 Å². The molecule has 0 radical (unpaired) electrons. The fourth-order valence-electron chi connectivity index (χ4n) is 2.29. The van der Waals surface area contributed by atoms with Crippen LogP contribution < -0.4 is 10.6 Å². The summed E-state index contributed by atoms with van der Waals surface area (Å²) < 4.78 is 12.9. The Labute approximate surface area is 146 Å². The number of carboxylic acids is 1. The molecule has 0 aromatic heterocycles. The highest BCUT2D eigenvalue weighted by atomic mass is 19.1. The fraction of sp³-hybridized carbons (Fsp3) is 0.471. The molecule has 0 fully saturated rings. The lowest BCUT2D eigenvalue weighted by Crippen LogP contribution is -2.43. The van der Waals surface area contributed by atoms with Gasteiger partial charge in [0.1, 0.15) is 5.82 Å². The van der Waals surface area contributed by atoms with Crippen molar-refractivity contribution in [3.63, 3.8) is 0 Å². The molecule has 0 aliphatic rings. The van der Waals surface area contributed by atoms with Crippen LogP contribution in [-0.4, -0.2) is 54.0 Å². The second-order valence-corrected chi connectivity index (χ2v) is 5.72. The van der Waals surface area contributed by atoms with Gasteiger partial charge in [0.2, 0.25) is 11.8 Å². The fourth-order valence-corrected chi connectivity index (χ4v) is 2.29. The lowest BCUT2D eigenvalue weighted by Gasteiger charge is -2.19. The van der Waals surface area contributed by atoms with Crippen LogP contribution in [0, 0.1) is 5.82 Å². The Morgan fingerprint density at radius 1 is 1.16 bits per heavy atom. The molecule has 2 amide bonds. The number of rotatable bonds is 10. The van der Waals surface area contributed by atoms with Gasteiger partial charge in [0, 0.05) is 0 Å². The van der Waals surface area contributed by atoms with E-state index >= 15 is 0 Å². The molecule has 0 saturated heterocycles. The minimum Gasteiger partial charge on any atom is -0.480 e. The van der Waals surface area contributed by atoms with E-state index < -0.39 is 11.9 Å². The van der Waals surface area contributed by atoms with Crippen LogP contribution in [0.4, 0.5) is 4.39 Å². The molecule has 8 heteroatoms. The van der Waals surface area contributed by atoms with Crippen molar-refractivity contribution in [2.75, 3.05) is 26.2 Å². The number of carbonyl (C=O) groups is 3. The van der Waals surface area contributed by atoms with Gasteiger partial charge in [-0.1, -0.05) is 19.1 Å². The molecule has 1 aromatic rings. The molecule has 0 saturated carbocycles. The second-order valence-electron chi connectivity index (χ2n) is 5.72. The van der Waals surface area contributed by atoms with Gasteiger partial charge in [0.05, 0.1) is 25.7 Å². The quantitative estimate of drug-likeness (QED) is 0.581. The maximum absolute atomic E-state index is 12.9. The predicted octanol–water partition coefficient (Wildman–Crippen LogP) is 0.916. The summed E-state index contributed by atoms with van der Waals surface area (Å²) in [7, 11) is 0. The maximum atomic E-state index is 12.9. The predicted molar refractivity (Wildman–Crippen MR) is 90.3 cm³/mol. The third kappa shape index (κ3) is 8.25. The van der Waals surface area contributed by atoms with E-state index in [2.05, 4.69) is 10.6 Å². The Morgan fingerprint density at radius 3 is 2.36 bits per heavy atom. The summed E-state index contributed by atoms with van der Waals surface area (Å²) in [5.41, 5.74) is 0.747. The van der Waals surface area contributed by atoms with Gasteiger partial charge in [-0.05, 0) is 37.6 Å². The average molecular weight is 353 g/mol. The van der Waals surface area contributed by atoms with E-state index in [1.54, 1.807) is 19.1 Å². The van der Waals surface area contributed by atoms with E-state index in [9.17, 15) is 18.8 Å². The number of hydrogen-bond acceptors (Lipinski definition) is 4. The first-order valence-electron chi connectivity index (χ1n) is 8.07. The van der Waals surface area contributed by atoms with Gasteiger partial charge in [0.25, 0.3) is 0 Å². The summed E-state index contributed by atoms with van der Waals surface area (Å²) >= 11 is 0. The number of halogens is 1. The molecule has 138 valence electrons. The zero-order chi connectivity index (χ0) is 18.8. The van der Waals surface area contributed by atoms with Crippen molar-refractivity contribution in [1.29, 1.82) is 0 Å². The standard InChI is InChI=1S/C17H24FN3O4/c1-3-8-21(11-17(24)25)10-16(23)19-9-15(22)20-12(2)13-4-6-14(18)7-5-13/h4-7,12H,3,8-11H2,1-2H3,(H,19,23)(H,20,22)(H,24,25). The van der Waals surface area contributed by atoms with Gasteiger partial charge in [-0.2, -0.15) is 0 Å². The number of nitrogens with zero attached hydrogens (tertiary/aromatic N) is 1. The van der Waals surface area contributed by atoms with Crippen LogP contribution in [0.1, 0.15) is 31.9 Å². The van der Waals surface area contributed by atoms with Crippen LogP contribution in [0.3, 0.4) is 0 Å². The van der Waals surface area contributed by atoms with E-state index in [4.69, 9.17) is 5.11 Å². The first-order valence-corrected chi connectivity index (χ1v) is 8.07. The number of carbonyl (C=O) groups excluding carboxylic acids is 2. The smallest absolute Gasteiger partial charge is 0.317 e. The first-order chi connectivity index (χ1) is 11.8. The maximum Gasteiger partial charge on any atom is 0.317 e. The third-order valence-electron chi connectivity index (χ3n) is 3.46. The first kappa shape index (κ1) is 20.6. The molecular weight excluding hydrogens is 329 g/mol. The zero-order valence-corrected chi connectivity index (χ0v) is 14.4. The summed E-state index contributed by atoms with van der Waals surface area (Å²) in [6, 6.07) is 5.45. The molecule has 1 aromatic carbocycles. The van der Waals surface area contributed by atoms with E-state index in [1.807, 2.05) is 6.92 Å². The van der Waals surface area contributed by atoms with Crippen molar-refractivity contribution < 1.29 is 23.9 Å². The lowest BCUT2D eigenvalue weighted by molar-refractivity contribution is -0.139. The van der Waals surface area contributed by atoms with Gasteiger partial charge < -0.3 is 15.7 Å². The second kappa shape index (κ2) is 10.4. The van der Waals surface area contributed by atoms with Gasteiger partial charge >= 0.3 is 5.97 Å². The van der Waals surface area contributed by atoms with E-state index in [0.29, 0.717) is 6.54 Å². The van der Waals surface area contributed by atoms with Crippen LogP contribution >= 0.6 is 0 Å². The van der Waals surface area contributed by atoms with Crippen molar-refractivity contribution in [1.82, 2.24) is 15.5 Å². The molecule has 3 N–H and O–H groups in total. The molecule has 0 bridgehead atoms. The van der Waals surface area contributed by atoms with Crippen LogP contribution in [0.25, 0.3) is 0 Å². The van der Waals surface area contributed by atoms with Crippen molar-refractivity contribution in [3.8, 4) is 0 Å². The van der Waals surface area contributed by atoms with E-state index in [1.165, 1.54) is 17.0 Å². The van der Waals surface area contributed by atoms with Crippen LogP contribution in [0.5, 0.6) is 0 Å². The Morgan fingerprint density at radius 2 is 1.80 bits per heavy atom.